The molecule has 184 valence electrons. The van der Waals surface area contributed by atoms with Gasteiger partial charge in [-0.25, -0.2) is 4.79 Å². The van der Waals surface area contributed by atoms with E-state index in [1.807, 2.05) is 30.3 Å². The van der Waals surface area contributed by atoms with Gasteiger partial charge < -0.3 is 24.1 Å². The van der Waals surface area contributed by atoms with Gasteiger partial charge in [-0.15, -0.1) is 0 Å². The molecule has 0 heterocycles. The van der Waals surface area contributed by atoms with Gasteiger partial charge in [0.2, 0.25) is 0 Å². The summed E-state index contributed by atoms with van der Waals surface area (Å²) in [6, 6.07) is 22.1. The Balaban J connectivity index is 1.43. The van der Waals surface area contributed by atoms with Crippen molar-refractivity contribution in [2.45, 2.75) is 25.4 Å². The molecule has 0 unspecified atom stereocenters. The topological polar surface area (TPSA) is 91.3 Å². The van der Waals surface area contributed by atoms with E-state index >= 15 is 0 Å². The number of benzene rings is 3. The van der Waals surface area contributed by atoms with Crippen LogP contribution in [0.1, 0.15) is 27.9 Å². The van der Waals surface area contributed by atoms with Crippen LogP contribution in [0.3, 0.4) is 0 Å². The third-order valence-corrected chi connectivity index (χ3v) is 5.41. The SMILES string of the molecule is COc1cc(C[C@H](OC)C(=O)O)ccc1OCCCOc1ccc(C(=O)Cc2ccccc2)cc1. The molecule has 0 fully saturated rings. The predicted octanol–water partition coefficient (Wildman–Crippen LogP) is 4.61. The Bertz CT molecular complexity index is 1090. The van der Waals surface area contributed by atoms with Gasteiger partial charge in [0.1, 0.15) is 5.75 Å². The minimum absolute atomic E-state index is 0.0665. The zero-order chi connectivity index (χ0) is 25.0. The van der Waals surface area contributed by atoms with E-state index in [0.717, 1.165) is 11.1 Å². The van der Waals surface area contributed by atoms with E-state index in [1.165, 1.54) is 14.2 Å². The van der Waals surface area contributed by atoms with E-state index in [2.05, 4.69) is 0 Å². The molecule has 7 nitrogen and oxygen atoms in total. The summed E-state index contributed by atoms with van der Waals surface area (Å²) in [6.45, 7) is 0.866. The van der Waals surface area contributed by atoms with E-state index in [4.69, 9.17) is 24.1 Å². The standard InChI is InChI=1S/C28H30O7/c1-32-26-18-21(19-27(33-2)28(30)31)9-14-25(26)35-16-6-15-34-23-12-10-22(11-13-23)24(29)17-20-7-4-3-5-8-20/h3-5,7-14,18,27H,6,15-17,19H2,1-2H3,(H,30,31)/t27-/m0/s1. The maximum atomic E-state index is 12.4. The van der Waals surface area contributed by atoms with Crippen LogP contribution in [0.25, 0.3) is 0 Å². The van der Waals surface area contributed by atoms with Crippen LogP contribution in [-0.4, -0.2) is 50.4 Å². The molecule has 0 aliphatic rings. The second kappa shape index (κ2) is 13.2. The van der Waals surface area contributed by atoms with E-state index in [1.54, 1.807) is 42.5 Å². The van der Waals surface area contributed by atoms with Crippen molar-refractivity contribution in [3.63, 3.8) is 0 Å². The average molecular weight is 479 g/mol. The number of carboxylic acid groups (broad SMARTS) is 1. The third-order valence-electron chi connectivity index (χ3n) is 5.41. The normalized spacial score (nSPS) is 11.5. The number of carbonyl (C=O) groups excluding carboxylic acids is 1. The van der Waals surface area contributed by atoms with Gasteiger partial charge in [-0.1, -0.05) is 36.4 Å². The van der Waals surface area contributed by atoms with Crippen molar-refractivity contribution in [1.82, 2.24) is 0 Å². The molecule has 35 heavy (non-hydrogen) atoms. The maximum absolute atomic E-state index is 12.4. The van der Waals surface area contributed by atoms with Gasteiger partial charge in [0.25, 0.3) is 0 Å². The lowest BCUT2D eigenvalue weighted by Crippen LogP contribution is -2.24. The van der Waals surface area contributed by atoms with Gasteiger partial charge in [-0.2, -0.15) is 0 Å². The van der Waals surface area contributed by atoms with Crippen molar-refractivity contribution in [3.8, 4) is 17.2 Å². The third kappa shape index (κ3) is 7.86. The fourth-order valence-corrected chi connectivity index (χ4v) is 3.50. The minimum Gasteiger partial charge on any atom is -0.493 e. The van der Waals surface area contributed by atoms with E-state index < -0.39 is 12.1 Å². The number of ether oxygens (including phenoxy) is 4. The molecule has 0 aromatic heterocycles. The van der Waals surface area contributed by atoms with E-state index in [9.17, 15) is 9.59 Å². The van der Waals surface area contributed by atoms with Crippen LogP contribution < -0.4 is 14.2 Å². The molecule has 0 amide bonds. The van der Waals surface area contributed by atoms with Gasteiger partial charge in [0.15, 0.2) is 23.4 Å². The number of Topliss-reactive ketones (excluding diaryl/α,β-unsaturated/α-hetero) is 1. The highest BCUT2D eigenvalue weighted by Gasteiger charge is 2.18. The molecule has 0 bridgehead atoms. The lowest BCUT2D eigenvalue weighted by atomic mass is 10.0. The van der Waals surface area contributed by atoms with Crippen LogP contribution in [-0.2, 0) is 22.4 Å². The zero-order valence-corrected chi connectivity index (χ0v) is 19.9. The predicted molar refractivity (Wildman–Crippen MR) is 132 cm³/mol. The van der Waals surface area contributed by atoms with Crippen LogP contribution in [0.2, 0.25) is 0 Å². The fraction of sp³-hybridized carbons (Fsp3) is 0.286. The van der Waals surface area contributed by atoms with Crippen LogP contribution in [0.4, 0.5) is 0 Å². The number of methoxy groups -OCH3 is 2. The summed E-state index contributed by atoms with van der Waals surface area (Å²) in [5, 5.41) is 9.15. The van der Waals surface area contributed by atoms with Crippen molar-refractivity contribution >= 4 is 11.8 Å². The van der Waals surface area contributed by atoms with E-state index in [-0.39, 0.29) is 12.2 Å². The zero-order valence-electron chi connectivity index (χ0n) is 19.9. The van der Waals surface area contributed by atoms with Crippen LogP contribution in [0.5, 0.6) is 17.2 Å². The lowest BCUT2D eigenvalue weighted by molar-refractivity contribution is -0.148. The Kier molecular flexibility index (Phi) is 9.69. The molecule has 0 spiro atoms. The molecule has 3 rings (SSSR count). The van der Waals surface area contributed by atoms with Gasteiger partial charge in [-0.3, -0.25) is 4.79 Å². The smallest absolute Gasteiger partial charge is 0.333 e. The van der Waals surface area contributed by atoms with Crippen LogP contribution >= 0.6 is 0 Å². The minimum atomic E-state index is -1.01. The van der Waals surface area contributed by atoms with Crippen LogP contribution in [0.15, 0.2) is 72.8 Å². The Hall–Kier alpha value is -3.84. The molecular weight excluding hydrogens is 448 g/mol. The molecule has 0 saturated heterocycles. The van der Waals surface area contributed by atoms with Gasteiger partial charge in [0.05, 0.1) is 20.3 Å². The highest BCUT2D eigenvalue weighted by Crippen LogP contribution is 2.29. The first-order valence-corrected chi connectivity index (χ1v) is 11.4. The summed E-state index contributed by atoms with van der Waals surface area (Å²) in [5.74, 6) is 0.840. The summed E-state index contributed by atoms with van der Waals surface area (Å²) >= 11 is 0. The summed E-state index contributed by atoms with van der Waals surface area (Å²) in [4.78, 5) is 23.6. The van der Waals surface area contributed by atoms with Crippen molar-refractivity contribution in [2.24, 2.45) is 0 Å². The van der Waals surface area contributed by atoms with Crippen molar-refractivity contribution in [2.75, 3.05) is 27.4 Å². The number of aliphatic carboxylic acids is 1. The number of carbonyl (C=O) groups is 2. The molecule has 0 radical (unpaired) electrons. The molecule has 0 aliphatic carbocycles. The van der Waals surface area contributed by atoms with Crippen molar-refractivity contribution < 1.29 is 33.6 Å². The number of hydrogen-bond acceptors (Lipinski definition) is 6. The second-order valence-electron chi connectivity index (χ2n) is 7.91. The maximum Gasteiger partial charge on any atom is 0.333 e. The molecule has 0 aliphatic heterocycles. The molecule has 3 aromatic rings. The Morgan fingerprint density at radius 2 is 1.54 bits per heavy atom. The average Bonchev–Trinajstić information content (AvgIpc) is 2.88. The van der Waals surface area contributed by atoms with Crippen molar-refractivity contribution in [3.05, 3.63) is 89.5 Å². The Morgan fingerprint density at radius 3 is 2.20 bits per heavy atom. The number of rotatable bonds is 14. The first kappa shape index (κ1) is 25.8. The number of hydrogen-bond donors (Lipinski definition) is 1. The van der Waals surface area contributed by atoms with Gasteiger partial charge in [-0.05, 0) is 47.5 Å². The van der Waals surface area contributed by atoms with E-state index in [0.29, 0.717) is 48.9 Å². The van der Waals surface area contributed by atoms with Crippen molar-refractivity contribution in [1.29, 1.82) is 0 Å². The summed E-state index contributed by atoms with van der Waals surface area (Å²) in [5.41, 5.74) is 2.42. The molecular formula is C28H30O7. The first-order valence-electron chi connectivity index (χ1n) is 11.4. The number of carboxylic acids is 1. The highest BCUT2D eigenvalue weighted by atomic mass is 16.5. The highest BCUT2D eigenvalue weighted by molar-refractivity contribution is 5.97. The first-order chi connectivity index (χ1) is 17.0. The monoisotopic (exact) mass is 478 g/mol. The lowest BCUT2D eigenvalue weighted by Gasteiger charge is -2.14. The molecule has 7 heteroatoms. The summed E-state index contributed by atoms with van der Waals surface area (Å²) in [6.07, 6.45) is 0.326. The second-order valence-corrected chi connectivity index (χ2v) is 7.91. The Labute approximate surface area is 205 Å². The largest absolute Gasteiger partial charge is 0.493 e. The Morgan fingerprint density at radius 1 is 0.829 bits per heavy atom. The summed E-state index contributed by atoms with van der Waals surface area (Å²) < 4.78 is 21.9. The molecule has 0 saturated carbocycles. The van der Waals surface area contributed by atoms with Gasteiger partial charge in [0, 0.05) is 31.9 Å². The summed E-state index contributed by atoms with van der Waals surface area (Å²) in [7, 11) is 2.91. The number of ketones is 1. The van der Waals surface area contributed by atoms with Crippen LogP contribution in [0, 0.1) is 0 Å². The molecule has 1 atom stereocenters. The fourth-order valence-electron chi connectivity index (χ4n) is 3.50. The molecule has 1 N–H and O–H groups in total. The molecule has 3 aromatic carbocycles. The van der Waals surface area contributed by atoms with Gasteiger partial charge >= 0.3 is 5.97 Å². The quantitative estimate of drug-likeness (QED) is 0.267.